The third kappa shape index (κ3) is 1.51. The Morgan fingerprint density at radius 2 is 1.09 bits per heavy atom. The second kappa shape index (κ2) is 4.25. The van der Waals surface area contributed by atoms with Crippen LogP contribution in [0.25, 0.3) is 0 Å². The summed E-state index contributed by atoms with van der Waals surface area (Å²) in [7, 11) is 0. The molecule has 0 saturated carbocycles. The molecule has 0 aromatic heterocycles. The van der Waals surface area contributed by atoms with Crippen LogP contribution in [0.1, 0.15) is 41.5 Å². The van der Waals surface area contributed by atoms with Gasteiger partial charge in [-0.05, 0) is 73.6 Å². The third-order valence-electron chi connectivity index (χ3n) is 5.73. The van der Waals surface area contributed by atoms with E-state index < -0.39 is 11.9 Å². The Balaban J connectivity index is 2.18. The highest BCUT2D eigenvalue weighted by Crippen LogP contribution is 2.70. The Kier molecular flexibility index (Phi) is 2.83. The Morgan fingerprint density at radius 3 is 1.43 bits per heavy atom. The summed E-state index contributed by atoms with van der Waals surface area (Å²) >= 11 is 3.62. The predicted octanol–water partition coefficient (Wildman–Crippen LogP) is 4.28. The monoisotopic (exact) mass is 346 g/mol. The molecule has 1 aliphatic carbocycles. The van der Waals surface area contributed by atoms with Gasteiger partial charge in [0.15, 0.2) is 0 Å². The number of hydrogen-bond acceptors (Lipinski definition) is 5. The first kappa shape index (κ1) is 15.3. The lowest BCUT2D eigenvalue weighted by atomic mass is 9.68. The quantitative estimate of drug-likeness (QED) is 0.484. The van der Waals surface area contributed by atoms with E-state index in [0.29, 0.717) is 11.1 Å². The lowest BCUT2D eigenvalue weighted by Gasteiger charge is -2.46. The molecule has 3 aliphatic heterocycles. The summed E-state index contributed by atoms with van der Waals surface area (Å²) in [6.07, 6.45) is 0. The van der Waals surface area contributed by atoms with E-state index >= 15 is 0 Å². The van der Waals surface area contributed by atoms with Crippen molar-refractivity contribution in [1.29, 1.82) is 0 Å². The van der Waals surface area contributed by atoms with Gasteiger partial charge in [-0.15, -0.1) is 23.5 Å². The van der Waals surface area contributed by atoms with Crippen molar-refractivity contribution < 1.29 is 14.3 Å². The fraction of sp³-hybridized carbons (Fsp3) is 0.444. The van der Waals surface area contributed by atoms with Crippen LogP contribution >= 0.6 is 23.5 Å². The van der Waals surface area contributed by atoms with Gasteiger partial charge in [-0.1, -0.05) is 0 Å². The van der Waals surface area contributed by atoms with Crippen molar-refractivity contribution in [3.8, 4) is 0 Å². The summed E-state index contributed by atoms with van der Waals surface area (Å²) in [6, 6.07) is 0. The number of carbonyl (C=O) groups is 2. The summed E-state index contributed by atoms with van der Waals surface area (Å²) < 4.78 is 4.47. The second-order valence-corrected chi connectivity index (χ2v) is 10.1. The van der Waals surface area contributed by atoms with E-state index in [4.69, 9.17) is 4.74 Å². The number of rotatable bonds is 0. The van der Waals surface area contributed by atoms with Gasteiger partial charge in [0.1, 0.15) is 0 Å². The molecule has 3 nitrogen and oxygen atoms in total. The fourth-order valence-corrected chi connectivity index (χ4v) is 7.60. The van der Waals surface area contributed by atoms with Gasteiger partial charge in [-0.25, -0.2) is 9.59 Å². The largest absolute Gasteiger partial charge is 0.386 e. The zero-order valence-corrected chi connectivity index (χ0v) is 15.7. The number of carbonyl (C=O) groups excluding carboxylic acids is 2. The first-order valence-electron chi connectivity index (χ1n) is 7.63. The Morgan fingerprint density at radius 1 is 0.739 bits per heavy atom. The van der Waals surface area contributed by atoms with Gasteiger partial charge in [0.25, 0.3) is 0 Å². The van der Waals surface area contributed by atoms with Crippen LogP contribution in [0.4, 0.5) is 0 Å². The molecule has 4 rings (SSSR count). The first-order chi connectivity index (χ1) is 10.6. The smallest absolute Gasteiger partial charge is 0.347 e. The molecule has 3 heterocycles. The van der Waals surface area contributed by atoms with Crippen LogP contribution in [0, 0.1) is 0 Å². The molecule has 0 amide bonds. The van der Waals surface area contributed by atoms with Gasteiger partial charge in [0.05, 0.1) is 20.6 Å². The fourth-order valence-electron chi connectivity index (χ4n) is 4.30. The summed E-state index contributed by atoms with van der Waals surface area (Å²) in [6.45, 7) is 12.7. The molecule has 1 fully saturated rings. The van der Waals surface area contributed by atoms with Crippen molar-refractivity contribution in [2.45, 2.75) is 51.0 Å². The Labute approximate surface area is 144 Å². The SMILES string of the molecule is CC1=C(C)C2=C3C(=O)OC(=O)C3=C3C(C)=C(C)S[C@@]3(C)[C@]2(C)S1. The lowest BCUT2D eigenvalue weighted by Crippen LogP contribution is -2.48. The van der Waals surface area contributed by atoms with E-state index in [-0.39, 0.29) is 9.49 Å². The van der Waals surface area contributed by atoms with Crippen LogP contribution in [0.3, 0.4) is 0 Å². The van der Waals surface area contributed by atoms with Gasteiger partial charge in [-0.3, -0.25) is 0 Å². The van der Waals surface area contributed by atoms with E-state index in [1.165, 1.54) is 9.81 Å². The van der Waals surface area contributed by atoms with Gasteiger partial charge in [0, 0.05) is 0 Å². The molecule has 0 radical (unpaired) electrons. The molecule has 5 heteroatoms. The number of hydrogen-bond donors (Lipinski definition) is 0. The van der Waals surface area contributed by atoms with Crippen LogP contribution in [-0.2, 0) is 14.3 Å². The topological polar surface area (TPSA) is 43.4 Å². The number of cyclic esters (lactones) is 2. The average molecular weight is 346 g/mol. The maximum Gasteiger partial charge on any atom is 0.347 e. The van der Waals surface area contributed by atoms with Crippen molar-refractivity contribution in [1.82, 2.24) is 0 Å². The molecule has 120 valence electrons. The molecule has 0 bridgehead atoms. The van der Waals surface area contributed by atoms with Crippen LogP contribution in [-0.4, -0.2) is 21.4 Å². The molecule has 1 saturated heterocycles. The standard InChI is InChI=1S/C18H18O3S2/c1-7-9(3)22-17(5)13(7)11-12(16(20)21-15(11)19)14-8(2)10(4)23-18(14,17)6/h1-6H3/t17-,18-/m1/s1. The van der Waals surface area contributed by atoms with E-state index in [1.807, 2.05) is 37.4 Å². The highest BCUT2D eigenvalue weighted by Gasteiger charge is 2.63. The number of ether oxygens (including phenoxy) is 1. The molecule has 0 unspecified atom stereocenters. The predicted molar refractivity (Wildman–Crippen MR) is 93.9 cm³/mol. The summed E-state index contributed by atoms with van der Waals surface area (Å²) in [5.74, 6) is -0.976. The lowest BCUT2D eigenvalue weighted by molar-refractivity contribution is -0.149. The van der Waals surface area contributed by atoms with E-state index in [2.05, 4.69) is 27.7 Å². The van der Waals surface area contributed by atoms with Crippen LogP contribution in [0.15, 0.2) is 43.2 Å². The molecule has 4 aliphatic rings. The minimum atomic E-state index is -0.488. The molecule has 0 aromatic carbocycles. The van der Waals surface area contributed by atoms with Crippen molar-refractivity contribution in [2.24, 2.45) is 0 Å². The van der Waals surface area contributed by atoms with Crippen molar-refractivity contribution in [2.75, 3.05) is 0 Å². The average Bonchev–Trinajstić information content (AvgIpc) is 2.95. The van der Waals surface area contributed by atoms with Crippen LogP contribution < -0.4 is 0 Å². The van der Waals surface area contributed by atoms with Gasteiger partial charge in [0.2, 0.25) is 0 Å². The minimum absolute atomic E-state index is 0.275. The number of allylic oxidation sites excluding steroid dienone is 4. The molecule has 0 spiro atoms. The Bertz CT molecular complexity index is 785. The third-order valence-corrected chi connectivity index (χ3v) is 9.12. The molecular weight excluding hydrogens is 328 g/mol. The maximum atomic E-state index is 12.4. The number of fused-ring (bicyclic) bond motifs is 4. The van der Waals surface area contributed by atoms with Gasteiger partial charge >= 0.3 is 11.9 Å². The van der Waals surface area contributed by atoms with Gasteiger partial charge < -0.3 is 4.74 Å². The van der Waals surface area contributed by atoms with Crippen molar-refractivity contribution >= 4 is 35.5 Å². The zero-order chi connectivity index (χ0) is 16.9. The second-order valence-electron chi connectivity index (χ2n) is 6.81. The number of esters is 2. The van der Waals surface area contributed by atoms with Gasteiger partial charge in [-0.2, -0.15) is 0 Å². The Hall–Kier alpha value is -1.20. The number of thioether (sulfide) groups is 2. The first-order valence-corrected chi connectivity index (χ1v) is 9.27. The normalized spacial score (nSPS) is 36.1. The highest BCUT2D eigenvalue weighted by atomic mass is 32.2. The van der Waals surface area contributed by atoms with Crippen LogP contribution in [0.5, 0.6) is 0 Å². The molecule has 2 atom stereocenters. The highest BCUT2D eigenvalue weighted by molar-refractivity contribution is 8.09. The van der Waals surface area contributed by atoms with Crippen molar-refractivity contribution in [3.05, 3.63) is 43.2 Å². The molecule has 23 heavy (non-hydrogen) atoms. The minimum Gasteiger partial charge on any atom is -0.386 e. The van der Waals surface area contributed by atoms with E-state index in [9.17, 15) is 9.59 Å². The van der Waals surface area contributed by atoms with Crippen molar-refractivity contribution in [3.63, 3.8) is 0 Å². The summed E-state index contributed by atoms with van der Waals surface area (Å²) in [5, 5.41) is 0. The van der Waals surface area contributed by atoms with E-state index in [0.717, 1.165) is 22.3 Å². The summed E-state index contributed by atoms with van der Waals surface area (Å²) in [4.78, 5) is 27.3. The zero-order valence-electron chi connectivity index (χ0n) is 14.0. The molecule has 0 aromatic rings. The van der Waals surface area contributed by atoms with E-state index in [1.54, 1.807) is 0 Å². The molecular formula is C18H18O3S2. The van der Waals surface area contributed by atoms with Crippen LogP contribution in [0.2, 0.25) is 0 Å². The molecule has 0 N–H and O–H groups in total. The maximum absolute atomic E-state index is 12.4. The summed E-state index contributed by atoms with van der Waals surface area (Å²) in [5.41, 5.74) is 5.21.